The van der Waals surface area contributed by atoms with Crippen molar-refractivity contribution in [3.63, 3.8) is 0 Å². The summed E-state index contributed by atoms with van der Waals surface area (Å²) >= 11 is 0. The molecule has 0 aliphatic carbocycles. The summed E-state index contributed by atoms with van der Waals surface area (Å²) in [5.41, 5.74) is 4.73. The van der Waals surface area contributed by atoms with Crippen molar-refractivity contribution in [2.24, 2.45) is 0 Å². The van der Waals surface area contributed by atoms with Crippen molar-refractivity contribution >= 4 is 11.6 Å². The van der Waals surface area contributed by atoms with E-state index in [2.05, 4.69) is 22.3 Å². The molecule has 0 radical (unpaired) electrons. The van der Waals surface area contributed by atoms with Crippen LogP contribution in [-0.2, 0) is 6.42 Å². The predicted octanol–water partition coefficient (Wildman–Crippen LogP) is 5.07. The molecule has 0 aliphatic heterocycles. The molecule has 0 aliphatic rings. The molecule has 0 saturated carbocycles. The topological polar surface area (TPSA) is 69.0 Å². The van der Waals surface area contributed by atoms with E-state index in [1.165, 1.54) is 5.56 Å². The Morgan fingerprint density at radius 1 is 0.968 bits per heavy atom. The van der Waals surface area contributed by atoms with Crippen LogP contribution in [0.15, 0.2) is 72.8 Å². The summed E-state index contributed by atoms with van der Waals surface area (Å²) in [6.45, 7) is 4.12. The highest BCUT2D eigenvalue weighted by Crippen LogP contribution is 2.23. The summed E-state index contributed by atoms with van der Waals surface area (Å²) in [6.07, 6.45) is 0.946. The molecule has 6 heteroatoms. The largest absolute Gasteiger partial charge is 0.497 e. The van der Waals surface area contributed by atoms with E-state index in [4.69, 9.17) is 4.74 Å². The lowest BCUT2D eigenvalue weighted by atomic mass is 10.1. The average molecular weight is 412 g/mol. The van der Waals surface area contributed by atoms with Gasteiger partial charge in [0.05, 0.1) is 12.8 Å². The molecular weight excluding hydrogens is 388 g/mol. The molecule has 6 nitrogen and oxygen atoms in total. The van der Waals surface area contributed by atoms with E-state index in [0.29, 0.717) is 11.5 Å². The van der Waals surface area contributed by atoms with Gasteiger partial charge in [-0.15, -0.1) is 5.10 Å². The van der Waals surface area contributed by atoms with Crippen molar-refractivity contribution in [3.8, 4) is 22.8 Å². The number of methoxy groups -OCH3 is 1. The SMILES string of the molecule is CCc1ccc(NC(=O)c2nc(-c3ccc(C)cc3)n(-c3ccc(OC)cc3)n2)cc1. The monoisotopic (exact) mass is 412 g/mol. The molecule has 1 amide bonds. The number of hydrogen-bond acceptors (Lipinski definition) is 4. The van der Waals surface area contributed by atoms with E-state index >= 15 is 0 Å². The molecule has 156 valence electrons. The maximum atomic E-state index is 12.9. The van der Waals surface area contributed by atoms with Crippen LogP contribution in [0.3, 0.4) is 0 Å². The molecule has 0 bridgehead atoms. The molecule has 1 heterocycles. The molecule has 0 saturated heterocycles. The fourth-order valence-corrected chi connectivity index (χ4v) is 3.21. The highest BCUT2D eigenvalue weighted by atomic mass is 16.5. The number of anilines is 1. The molecule has 0 unspecified atom stereocenters. The van der Waals surface area contributed by atoms with E-state index < -0.39 is 0 Å². The summed E-state index contributed by atoms with van der Waals surface area (Å²) in [7, 11) is 1.62. The summed E-state index contributed by atoms with van der Waals surface area (Å²) in [4.78, 5) is 17.4. The number of carbonyl (C=O) groups is 1. The van der Waals surface area contributed by atoms with Gasteiger partial charge in [-0.1, -0.05) is 48.9 Å². The Balaban J connectivity index is 1.70. The Labute approximate surface area is 181 Å². The third-order valence-electron chi connectivity index (χ3n) is 5.06. The number of carbonyl (C=O) groups excluding carboxylic acids is 1. The second kappa shape index (κ2) is 8.83. The molecular formula is C25H24N4O2. The van der Waals surface area contributed by atoms with Gasteiger partial charge in [0, 0.05) is 11.3 Å². The van der Waals surface area contributed by atoms with Gasteiger partial charge in [-0.25, -0.2) is 9.67 Å². The standard InChI is InChI=1S/C25H24N4O2/c1-4-18-7-11-20(12-8-18)26-25(30)23-27-24(19-9-5-17(2)6-10-19)29(28-23)21-13-15-22(31-3)16-14-21/h5-16H,4H2,1-3H3,(H,26,30). The summed E-state index contributed by atoms with van der Waals surface area (Å²) < 4.78 is 6.93. The molecule has 4 rings (SSSR count). The van der Waals surface area contributed by atoms with Crippen LogP contribution in [0.2, 0.25) is 0 Å². The molecule has 3 aromatic carbocycles. The highest BCUT2D eigenvalue weighted by Gasteiger charge is 2.19. The second-order valence-electron chi connectivity index (χ2n) is 7.24. The zero-order valence-electron chi connectivity index (χ0n) is 17.8. The van der Waals surface area contributed by atoms with Crippen LogP contribution >= 0.6 is 0 Å². The van der Waals surface area contributed by atoms with Crippen LogP contribution in [0, 0.1) is 6.92 Å². The van der Waals surface area contributed by atoms with Crippen LogP contribution in [0.4, 0.5) is 5.69 Å². The van der Waals surface area contributed by atoms with Gasteiger partial charge in [0.15, 0.2) is 5.82 Å². The number of benzene rings is 3. The van der Waals surface area contributed by atoms with E-state index in [1.807, 2.05) is 79.7 Å². The third kappa shape index (κ3) is 4.48. The first-order valence-electron chi connectivity index (χ1n) is 10.2. The number of amides is 1. The fourth-order valence-electron chi connectivity index (χ4n) is 3.21. The van der Waals surface area contributed by atoms with E-state index in [0.717, 1.165) is 29.0 Å². The van der Waals surface area contributed by atoms with Crippen molar-refractivity contribution in [1.82, 2.24) is 14.8 Å². The molecule has 1 N–H and O–H groups in total. The number of aromatic nitrogens is 3. The van der Waals surface area contributed by atoms with Gasteiger partial charge >= 0.3 is 0 Å². The number of rotatable bonds is 6. The van der Waals surface area contributed by atoms with Crippen molar-refractivity contribution in [1.29, 1.82) is 0 Å². The Hall–Kier alpha value is -3.93. The minimum atomic E-state index is -0.357. The fraction of sp³-hybridized carbons (Fsp3) is 0.160. The molecule has 0 spiro atoms. The zero-order chi connectivity index (χ0) is 21.8. The highest BCUT2D eigenvalue weighted by molar-refractivity contribution is 6.01. The normalized spacial score (nSPS) is 10.7. The minimum Gasteiger partial charge on any atom is -0.497 e. The number of nitrogens with one attached hydrogen (secondary N) is 1. The van der Waals surface area contributed by atoms with Gasteiger partial charge in [0.25, 0.3) is 5.91 Å². The minimum absolute atomic E-state index is 0.103. The third-order valence-corrected chi connectivity index (χ3v) is 5.06. The van der Waals surface area contributed by atoms with Crippen LogP contribution in [0.5, 0.6) is 5.75 Å². The van der Waals surface area contributed by atoms with Crippen molar-refractivity contribution in [2.75, 3.05) is 12.4 Å². The Morgan fingerprint density at radius 3 is 2.26 bits per heavy atom. The number of nitrogens with zero attached hydrogens (tertiary/aromatic N) is 3. The second-order valence-corrected chi connectivity index (χ2v) is 7.24. The Morgan fingerprint density at radius 2 is 1.65 bits per heavy atom. The smallest absolute Gasteiger partial charge is 0.295 e. The molecule has 4 aromatic rings. The van der Waals surface area contributed by atoms with Gasteiger partial charge in [-0.05, 0) is 55.3 Å². The van der Waals surface area contributed by atoms with Gasteiger partial charge in [0.2, 0.25) is 5.82 Å². The van der Waals surface area contributed by atoms with Gasteiger partial charge in [0.1, 0.15) is 5.75 Å². The summed E-state index contributed by atoms with van der Waals surface area (Å²) in [5, 5.41) is 7.40. The van der Waals surface area contributed by atoms with Crippen molar-refractivity contribution < 1.29 is 9.53 Å². The Bertz CT molecular complexity index is 1180. The lowest BCUT2D eigenvalue weighted by Gasteiger charge is -2.07. The molecule has 1 aromatic heterocycles. The van der Waals surface area contributed by atoms with Crippen LogP contribution in [0.25, 0.3) is 17.1 Å². The average Bonchev–Trinajstić information content (AvgIpc) is 3.26. The maximum Gasteiger partial charge on any atom is 0.295 e. The first kappa shape index (κ1) is 20.3. The zero-order valence-corrected chi connectivity index (χ0v) is 17.8. The number of hydrogen-bond donors (Lipinski definition) is 1. The van der Waals surface area contributed by atoms with Crippen molar-refractivity contribution in [2.45, 2.75) is 20.3 Å². The lowest BCUT2D eigenvalue weighted by molar-refractivity contribution is 0.101. The number of ether oxygens (including phenoxy) is 1. The maximum absolute atomic E-state index is 12.9. The van der Waals surface area contributed by atoms with Crippen LogP contribution in [-0.4, -0.2) is 27.8 Å². The lowest BCUT2D eigenvalue weighted by Crippen LogP contribution is -2.14. The van der Waals surface area contributed by atoms with E-state index in [1.54, 1.807) is 11.8 Å². The van der Waals surface area contributed by atoms with E-state index in [-0.39, 0.29) is 11.7 Å². The van der Waals surface area contributed by atoms with E-state index in [9.17, 15) is 4.79 Å². The van der Waals surface area contributed by atoms with Gasteiger partial charge < -0.3 is 10.1 Å². The van der Waals surface area contributed by atoms with Gasteiger partial charge in [-0.2, -0.15) is 0 Å². The molecule has 0 fully saturated rings. The summed E-state index contributed by atoms with van der Waals surface area (Å²) in [6, 6.07) is 23.2. The van der Waals surface area contributed by atoms with Crippen LogP contribution < -0.4 is 10.1 Å². The first-order valence-corrected chi connectivity index (χ1v) is 10.2. The summed E-state index contributed by atoms with van der Waals surface area (Å²) in [5.74, 6) is 1.08. The molecule has 0 atom stereocenters. The first-order chi connectivity index (χ1) is 15.1. The predicted molar refractivity (Wildman–Crippen MR) is 122 cm³/mol. The van der Waals surface area contributed by atoms with Crippen molar-refractivity contribution in [3.05, 3.63) is 89.7 Å². The number of aryl methyl sites for hydroxylation is 2. The van der Waals surface area contributed by atoms with Gasteiger partial charge in [-0.3, -0.25) is 4.79 Å². The quantitative estimate of drug-likeness (QED) is 0.480. The van der Waals surface area contributed by atoms with Crippen LogP contribution in [0.1, 0.15) is 28.7 Å². The Kier molecular flexibility index (Phi) is 5.80. The molecule has 31 heavy (non-hydrogen) atoms.